The largest absolute Gasteiger partial charge is 0.487 e. The van der Waals surface area contributed by atoms with Gasteiger partial charge < -0.3 is 10.1 Å². The van der Waals surface area contributed by atoms with Crippen LogP contribution in [-0.4, -0.2) is 11.5 Å². The number of ether oxygens (including phenoxy) is 1. The molecular formula is C15H17BrN2O. The van der Waals surface area contributed by atoms with Crippen LogP contribution in [0.25, 0.3) is 0 Å². The van der Waals surface area contributed by atoms with Crippen molar-refractivity contribution in [2.75, 3.05) is 11.9 Å². The fraction of sp³-hybridized carbons (Fsp3) is 0.267. The van der Waals surface area contributed by atoms with Crippen LogP contribution in [0.4, 0.5) is 5.82 Å². The van der Waals surface area contributed by atoms with E-state index in [-0.39, 0.29) is 0 Å². The predicted octanol–water partition coefficient (Wildman–Crippen LogP) is 4.25. The van der Waals surface area contributed by atoms with Crippen molar-refractivity contribution in [3.8, 4) is 5.75 Å². The average Bonchev–Trinajstić information content (AvgIpc) is 2.45. The normalized spacial score (nSPS) is 10.2. The Hall–Kier alpha value is -1.55. The summed E-state index contributed by atoms with van der Waals surface area (Å²) in [6.07, 6.45) is 1.08. The summed E-state index contributed by atoms with van der Waals surface area (Å²) >= 11 is 3.40. The van der Waals surface area contributed by atoms with Crippen LogP contribution in [0.15, 0.2) is 46.9 Å². The lowest BCUT2D eigenvalue weighted by atomic mass is 10.3. The fourth-order valence-corrected chi connectivity index (χ4v) is 1.86. The van der Waals surface area contributed by atoms with Crippen molar-refractivity contribution in [2.24, 2.45) is 0 Å². The molecule has 3 nitrogen and oxygen atoms in total. The number of pyridine rings is 1. The maximum Gasteiger partial charge on any atom is 0.130 e. The first-order chi connectivity index (χ1) is 9.28. The second-order valence-electron chi connectivity index (χ2n) is 4.18. The van der Waals surface area contributed by atoms with Crippen molar-refractivity contribution in [3.63, 3.8) is 0 Å². The van der Waals surface area contributed by atoms with Crippen molar-refractivity contribution < 1.29 is 4.74 Å². The molecule has 1 aromatic carbocycles. The summed E-state index contributed by atoms with van der Waals surface area (Å²) in [5, 5.41) is 3.27. The molecule has 0 aliphatic carbocycles. The molecule has 2 rings (SSSR count). The second kappa shape index (κ2) is 7.14. The number of hydrogen-bond acceptors (Lipinski definition) is 3. The first-order valence-corrected chi connectivity index (χ1v) is 7.15. The molecule has 0 saturated carbocycles. The molecule has 0 amide bonds. The Morgan fingerprint density at radius 1 is 1.16 bits per heavy atom. The molecule has 1 aromatic heterocycles. The van der Waals surface area contributed by atoms with Gasteiger partial charge in [-0.1, -0.05) is 28.9 Å². The van der Waals surface area contributed by atoms with Gasteiger partial charge in [-0.2, -0.15) is 0 Å². The highest BCUT2D eigenvalue weighted by Crippen LogP contribution is 2.17. The second-order valence-corrected chi connectivity index (χ2v) is 5.10. The minimum Gasteiger partial charge on any atom is -0.487 e. The van der Waals surface area contributed by atoms with Crippen LogP contribution in [0, 0.1) is 0 Å². The highest BCUT2D eigenvalue weighted by atomic mass is 79.9. The highest BCUT2D eigenvalue weighted by molar-refractivity contribution is 9.10. The zero-order valence-electron chi connectivity index (χ0n) is 10.9. The molecule has 0 saturated heterocycles. The third kappa shape index (κ3) is 4.56. The molecule has 2 aromatic rings. The van der Waals surface area contributed by atoms with Gasteiger partial charge in [-0.25, -0.2) is 4.98 Å². The summed E-state index contributed by atoms with van der Waals surface area (Å²) in [6.45, 7) is 3.54. The monoisotopic (exact) mass is 320 g/mol. The van der Waals surface area contributed by atoms with Crippen molar-refractivity contribution in [1.29, 1.82) is 0 Å². The SMILES string of the molecule is CCCNc1cccc(COc2ccc(Br)cc2)n1. The summed E-state index contributed by atoms with van der Waals surface area (Å²) < 4.78 is 6.74. The van der Waals surface area contributed by atoms with Gasteiger partial charge in [-0.3, -0.25) is 0 Å². The molecule has 1 heterocycles. The van der Waals surface area contributed by atoms with Crippen molar-refractivity contribution in [3.05, 3.63) is 52.6 Å². The van der Waals surface area contributed by atoms with E-state index in [1.54, 1.807) is 0 Å². The molecule has 0 atom stereocenters. The third-order valence-electron chi connectivity index (χ3n) is 2.56. The molecule has 0 aliphatic heterocycles. The molecule has 1 N–H and O–H groups in total. The van der Waals surface area contributed by atoms with Crippen LogP contribution in [0.1, 0.15) is 19.0 Å². The third-order valence-corrected chi connectivity index (χ3v) is 3.09. The number of nitrogens with one attached hydrogen (secondary N) is 1. The van der Waals surface area contributed by atoms with Gasteiger partial charge in [0.05, 0.1) is 5.69 Å². The smallest absolute Gasteiger partial charge is 0.130 e. The summed E-state index contributed by atoms with van der Waals surface area (Å²) in [6, 6.07) is 13.7. The van der Waals surface area contributed by atoms with Crippen LogP contribution in [0.2, 0.25) is 0 Å². The van der Waals surface area contributed by atoms with Gasteiger partial charge >= 0.3 is 0 Å². The number of aromatic nitrogens is 1. The summed E-state index contributed by atoms with van der Waals surface area (Å²) in [5.74, 6) is 1.75. The molecule has 0 radical (unpaired) electrons. The van der Waals surface area contributed by atoms with Crippen LogP contribution in [0.3, 0.4) is 0 Å². The van der Waals surface area contributed by atoms with Crippen LogP contribution in [-0.2, 0) is 6.61 Å². The fourth-order valence-electron chi connectivity index (χ4n) is 1.60. The maximum absolute atomic E-state index is 5.70. The van der Waals surface area contributed by atoms with E-state index in [1.807, 2.05) is 42.5 Å². The Kier molecular flexibility index (Phi) is 5.21. The maximum atomic E-state index is 5.70. The Morgan fingerprint density at radius 3 is 2.68 bits per heavy atom. The minimum absolute atomic E-state index is 0.475. The van der Waals surface area contributed by atoms with E-state index in [1.165, 1.54) is 0 Å². The first-order valence-electron chi connectivity index (χ1n) is 6.36. The molecule has 0 spiro atoms. The Bertz CT molecular complexity index is 514. The molecule has 0 fully saturated rings. The first kappa shape index (κ1) is 13.9. The van der Waals surface area contributed by atoms with E-state index in [4.69, 9.17) is 4.74 Å². The number of anilines is 1. The molecule has 0 bridgehead atoms. The predicted molar refractivity (Wildman–Crippen MR) is 81.5 cm³/mol. The number of benzene rings is 1. The number of nitrogens with zero attached hydrogens (tertiary/aromatic N) is 1. The van der Waals surface area contributed by atoms with E-state index >= 15 is 0 Å². The van der Waals surface area contributed by atoms with Crippen molar-refractivity contribution in [1.82, 2.24) is 4.98 Å². The lowest BCUT2D eigenvalue weighted by Crippen LogP contribution is -2.04. The van der Waals surface area contributed by atoms with Gasteiger partial charge in [0.25, 0.3) is 0 Å². The van der Waals surface area contributed by atoms with Gasteiger partial charge in [-0.15, -0.1) is 0 Å². The van der Waals surface area contributed by atoms with Crippen LogP contribution < -0.4 is 10.1 Å². The summed E-state index contributed by atoms with van der Waals surface area (Å²) in [5.41, 5.74) is 0.920. The number of halogens is 1. The lowest BCUT2D eigenvalue weighted by molar-refractivity contribution is 0.301. The molecule has 19 heavy (non-hydrogen) atoms. The Balaban J connectivity index is 1.93. The van der Waals surface area contributed by atoms with Crippen LogP contribution in [0.5, 0.6) is 5.75 Å². The minimum atomic E-state index is 0.475. The van der Waals surface area contributed by atoms with E-state index < -0.39 is 0 Å². The molecule has 4 heteroatoms. The van der Waals surface area contributed by atoms with Gasteiger partial charge in [0, 0.05) is 11.0 Å². The Morgan fingerprint density at radius 2 is 1.95 bits per heavy atom. The molecule has 100 valence electrons. The van der Waals surface area contributed by atoms with E-state index in [0.717, 1.165) is 34.7 Å². The summed E-state index contributed by atoms with van der Waals surface area (Å²) in [7, 11) is 0. The average molecular weight is 321 g/mol. The zero-order chi connectivity index (χ0) is 13.5. The van der Waals surface area contributed by atoms with E-state index in [0.29, 0.717) is 6.61 Å². The standard InChI is InChI=1S/C15H17BrN2O/c1-2-10-17-15-5-3-4-13(18-15)11-19-14-8-6-12(16)7-9-14/h3-9H,2,10-11H2,1H3,(H,17,18). The number of hydrogen-bond donors (Lipinski definition) is 1. The Labute approximate surface area is 122 Å². The zero-order valence-corrected chi connectivity index (χ0v) is 12.5. The molecule has 0 unspecified atom stereocenters. The van der Waals surface area contributed by atoms with E-state index in [9.17, 15) is 0 Å². The molecular weight excluding hydrogens is 304 g/mol. The number of rotatable bonds is 6. The van der Waals surface area contributed by atoms with Gasteiger partial charge in [0.15, 0.2) is 0 Å². The highest BCUT2D eigenvalue weighted by Gasteiger charge is 1.99. The van der Waals surface area contributed by atoms with Gasteiger partial charge in [-0.05, 0) is 42.8 Å². The van der Waals surface area contributed by atoms with E-state index in [2.05, 4.69) is 33.2 Å². The van der Waals surface area contributed by atoms with Gasteiger partial charge in [0.1, 0.15) is 18.2 Å². The van der Waals surface area contributed by atoms with Crippen molar-refractivity contribution >= 4 is 21.7 Å². The van der Waals surface area contributed by atoms with Gasteiger partial charge in [0.2, 0.25) is 0 Å². The van der Waals surface area contributed by atoms with Crippen molar-refractivity contribution in [2.45, 2.75) is 20.0 Å². The quantitative estimate of drug-likeness (QED) is 0.864. The lowest BCUT2D eigenvalue weighted by Gasteiger charge is -2.08. The topological polar surface area (TPSA) is 34.1 Å². The molecule has 0 aliphatic rings. The van der Waals surface area contributed by atoms with Crippen LogP contribution >= 0.6 is 15.9 Å². The summed E-state index contributed by atoms with van der Waals surface area (Å²) in [4.78, 5) is 4.50.